The van der Waals surface area contributed by atoms with Gasteiger partial charge in [-0.2, -0.15) is 0 Å². The van der Waals surface area contributed by atoms with Crippen molar-refractivity contribution in [3.05, 3.63) is 40.1 Å². The summed E-state index contributed by atoms with van der Waals surface area (Å²) < 4.78 is 3.27. The second kappa shape index (κ2) is 5.01. The number of hydrogen-bond acceptors (Lipinski definition) is 2. The maximum absolute atomic E-state index is 4.69. The lowest BCUT2D eigenvalue weighted by Crippen LogP contribution is -2.28. The van der Waals surface area contributed by atoms with Gasteiger partial charge in [-0.3, -0.25) is 0 Å². The summed E-state index contributed by atoms with van der Waals surface area (Å²) in [5.74, 6) is 1.06. The topological polar surface area (TPSA) is 29.9 Å². The van der Waals surface area contributed by atoms with E-state index in [2.05, 4.69) is 70.9 Å². The van der Waals surface area contributed by atoms with Crippen LogP contribution in [0, 0.1) is 0 Å². The van der Waals surface area contributed by atoms with Crippen LogP contribution in [0.15, 0.2) is 28.9 Å². The molecule has 1 aromatic heterocycles. The Kier molecular flexibility index (Phi) is 3.46. The van der Waals surface area contributed by atoms with Gasteiger partial charge in [0.1, 0.15) is 10.4 Å². The van der Waals surface area contributed by atoms with Gasteiger partial charge >= 0.3 is 0 Å². The van der Waals surface area contributed by atoms with Gasteiger partial charge in [-0.1, -0.05) is 45.0 Å². The Balaban J connectivity index is 2.01. The molecule has 0 amide bonds. The van der Waals surface area contributed by atoms with Crippen LogP contribution in [-0.2, 0) is 18.5 Å². The molecule has 20 heavy (non-hydrogen) atoms. The Hall–Kier alpha value is -1.13. The van der Waals surface area contributed by atoms with Gasteiger partial charge in [0, 0.05) is 25.2 Å². The van der Waals surface area contributed by atoms with Crippen LogP contribution in [-0.4, -0.2) is 16.1 Å². The average Bonchev–Trinajstić information content (AvgIpc) is 2.76. The Labute approximate surface area is 128 Å². The van der Waals surface area contributed by atoms with Gasteiger partial charge in [-0.05, 0) is 26.9 Å². The number of benzene rings is 1. The number of hydrogen-bond donors (Lipinski definition) is 1. The smallest absolute Gasteiger partial charge is 0.141 e. The molecule has 4 heteroatoms. The molecule has 3 rings (SSSR count). The highest BCUT2D eigenvalue weighted by Crippen LogP contribution is 2.29. The molecule has 0 fully saturated rings. The monoisotopic (exact) mass is 333 g/mol. The first-order chi connectivity index (χ1) is 9.47. The second-order valence-electron chi connectivity index (χ2n) is 6.33. The normalized spacial score (nSPS) is 15.2. The Bertz CT molecular complexity index is 620. The molecule has 0 saturated carbocycles. The van der Waals surface area contributed by atoms with Gasteiger partial charge < -0.3 is 9.88 Å². The highest BCUT2D eigenvalue weighted by Gasteiger charge is 2.20. The van der Waals surface area contributed by atoms with Crippen LogP contribution >= 0.6 is 15.9 Å². The molecule has 0 atom stereocenters. The molecular weight excluding hydrogens is 314 g/mol. The molecule has 1 aromatic carbocycles. The van der Waals surface area contributed by atoms with E-state index in [1.165, 1.54) is 16.8 Å². The molecule has 0 bridgehead atoms. The molecule has 0 aliphatic carbocycles. The van der Waals surface area contributed by atoms with E-state index in [9.17, 15) is 0 Å². The van der Waals surface area contributed by atoms with Crippen LogP contribution in [0.3, 0.4) is 0 Å². The van der Waals surface area contributed by atoms with Crippen molar-refractivity contribution in [3.63, 3.8) is 0 Å². The van der Waals surface area contributed by atoms with E-state index in [1.807, 2.05) is 0 Å². The van der Waals surface area contributed by atoms with Crippen molar-refractivity contribution >= 4 is 15.9 Å². The standard InChI is InChI=1S/C16H20BrN3/c1-16(2,3)12-6-4-11(5-7-12)15-19-14(17)13-10-18-8-9-20(13)15/h4-7,18H,8-10H2,1-3H3. The summed E-state index contributed by atoms with van der Waals surface area (Å²) >= 11 is 3.57. The maximum atomic E-state index is 4.69. The van der Waals surface area contributed by atoms with Crippen LogP contribution in [0.25, 0.3) is 11.4 Å². The zero-order valence-electron chi connectivity index (χ0n) is 12.2. The molecule has 1 aliphatic rings. The highest BCUT2D eigenvalue weighted by molar-refractivity contribution is 9.10. The van der Waals surface area contributed by atoms with Gasteiger partial charge in [0.15, 0.2) is 0 Å². The lowest BCUT2D eigenvalue weighted by Gasteiger charge is -2.20. The van der Waals surface area contributed by atoms with E-state index in [0.717, 1.165) is 30.1 Å². The predicted octanol–water partition coefficient (Wildman–Crippen LogP) is 3.71. The van der Waals surface area contributed by atoms with Crippen LogP contribution in [0.4, 0.5) is 0 Å². The number of nitrogens with zero attached hydrogens (tertiary/aromatic N) is 2. The number of halogens is 1. The van der Waals surface area contributed by atoms with Gasteiger partial charge in [-0.15, -0.1) is 0 Å². The van der Waals surface area contributed by atoms with Crippen molar-refractivity contribution in [1.82, 2.24) is 14.9 Å². The number of nitrogens with one attached hydrogen (secondary N) is 1. The largest absolute Gasteiger partial charge is 0.325 e. The number of aromatic nitrogens is 2. The molecule has 1 aliphatic heterocycles. The summed E-state index contributed by atoms with van der Waals surface area (Å²) in [6.45, 7) is 9.58. The first-order valence-electron chi connectivity index (χ1n) is 7.03. The zero-order valence-corrected chi connectivity index (χ0v) is 13.8. The Morgan fingerprint density at radius 3 is 2.55 bits per heavy atom. The molecule has 2 heterocycles. The summed E-state index contributed by atoms with van der Waals surface area (Å²) in [7, 11) is 0. The molecule has 0 unspecified atom stereocenters. The van der Waals surface area contributed by atoms with E-state index < -0.39 is 0 Å². The number of imidazole rings is 1. The molecule has 0 spiro atoms. The molecular formula is C16H20BrN3. The van der Waals surface area contributed by atoms with Gasteiger partial charge in [-0.25, -0.2) is 4.98 Å². The fourth-order valence-electron chi connectivity index (χ4n) is 2.60. The molecule has 1 N–H and O–H groups in total. The van der Waals surface area contributed by atoms with E-state index in [0.29, 0.717) is 0 Å². The van der Waals surface area contributed by atoms with Crippen LogP contribution in [0.2, 0.25) is 0 Å². The quantitative estimate of drug-likeness (QED) is 0.862. The van der Waals surface area contributed by atoms with E-state index >= 15 is 0 Å². The van der Waals surface area contributed by atoms with Crippen molar-refractivity contribution in [2.75, 3.05) is 6.54 Å². The van der Waals surface area contributed by atoms with Crippen molar-refractivity contribution in [3.8, 4) is 11.4 Å². The fourth-order valence-corrected chi connectivity index (χ4v) is 3.13. The number of rotatable bonds is 1. The van der Waals surface area contributed by atoms with E-state index in [1.54, 1.807) is 0 Å². The van der Waals surface area contributed by atoms with Crippen molar-refractivity contribution in [2.45, 2.75) is 39.3 Å². The third kappa shape index (κ3) is 2.42. The average molecular weight is 334 g/mol. The van der Waals surface area contributed by atoms with Crippen LogP contribution < -0.4 is 5.32 Å². The third-order valence-corrected chi connectivity index (χ3v) is 4.47. The third-order valence-electron chi connectivity index (χ3n) is 3.84. The van der Waals surface area contributed by atoms with Crippen molar-refractivity contribution < 1.29 is 0 Å². The summed E-state index contributed by atoms with van der Waals surface area (Å²) in [5, 5.41) is 3.38. The molecule has 0 radical (unpaired) electrons. The highest BCUT2D eigenvalue weighted by atomic mass is 79.9. The summed E-state index contributed by atoms with van der Waals surface area (Å²) in [6, 6.07) is 8.80. The van der Waals surface area contributed by atoms with E-state index in [4.69, 9.17) is 4.98 Å². The fraction of sp³-hybridized carbons (Fsp3) is 0.438. The number of fused-ring (bicyclic) bond motifs is 1. The van der Waals surface area contributed by atoms with Crippen molar-refractivity contribution in [2.24, 2.45) is 0 Å². The Morgan fingerprint density at radius 1 is 1.20 bits per heavy atom. The minimum absolute atomic E-state index is 0.190. The minimum Gasteiger partial charge on any atom is -0.325 e. The lowest BCUT2D eigenvalue weighted by atomic mass is 9.87. The van der Waals surface area contributed by atoms with Crippen LogP contribution in [0.1, 0.15) is 32.0 Å². The molecule has 0 saturated heterocycles. The first-order valence-corrected chi connectivity index (χ1v) is 7.82. The van der Waals surface area contributed by atoms with Gasteiger partial charge in [0.25, 0.3) is 0 Å². The summed E-state index contributed by atoms with van der Waals surface area (Å²) in [6.07, 6.45) is 0. The van der Waals surface area contributed by atoms with E-state index in [-0.39, 0.29) is 5.41 Å². The zero-order chi connectivity index (χ0) is 14.3. The molecule has 2 aromatic rings. The SMILES string of the molecule is CC(C)(C)c1ccc(-c2nc(Br)c3n2CCNC3)cc1. The van der Waals surface area contributed by atoms with Crippen LogP contribution in [0.5, 0.6) is 0 Å². The summed E-state index contributed by atoms with van der Waals surface area (Å²) in [5.41, 5.74) is 3.97. The van der Waals surface area contributed by atoms with Crippen molar-refractivity contribution in [1.29, 1.82) is 0 Å². The maximum Gasteiger partial charge on any atom is 0.141 e. The van der Waals surface area contributed by atoms with Gasteiger partial charge in [0.05, 0.1) is 5.69 Å². The minimum atomic E-state index is 0.190. The molecule has 106 valence electrons. The molecule has 3 nitrogen and oxygen atoms in total. The summed E-state index contributed by atoms with van der Waals surface area (Å²) in [4.78, 5) is 4.69. The predicted molar refractivity (Wildman–Crippen MR) is 85.8 cm³/mol. The lowest BCUT2D eigenvalue weighted by molar-refractivity contribution is 0.518. The van der Waals surface area contributed by atoms with Gasteiger partial charge in [0.2, 0.25) is 0 Å². The first kappa shape index (κ1) is 13.8. The Morgan fingerprint density at radius 2 is 1.90 bits per heavy atom. The second-order valence-corrected chi connectivity index (χ2v) is 7.08.